The van der Waals surface area contributed by atoms with Crippen LogP contribution in [-0.2, 0) is 0 Å². The number of aliphatic imine (C=N–C) groups is 1. The molecular weight excluding hydrogens is 360 g/mol. The highest BCUT2D eigenvalue weighted by atomic mass is 79.9. The monoisotopic (exact) mass is 363 g/mol. The molecule has 2 aromatic rings. The maximum absolute atomic E-state index is 13.2. The van der Waals surface area contributed by atoms with Gasteiger partial charge in [0.15, 0.2) is 10.5 Å². The van der Waals surface area contributed by atoms with Gasteiger partial charge in [-0.05, 0) is 44.0 Å². The number of rotatable bonds is 2. The Morgan fingerprint density at radius 1 is 1.18 bits per heavy atom. The summed E-state index contributed by atoms with van der Waals surface area (Å²) in [6, 6.07) is 4.85. The minimum atomic E-state index is -0.717. The van der Waals surface area contributed by atoms with Crippen LogP contribution in [0.15, 0.2) is 42.8 Å². The lowest BCUT2D eigenvalue weighted by Gasteiger charge is -1.95. The highest BCUT2D eigenvalue weighted by Crippen LogP contribution is 2.26. The number of furan rings is 1. The summed E-state index contributed by atoms with van der Waals surface area (Å²) in [5.74, 6) is -0.900. The number of nitrogens with zero attached hydrogens (tertiary/aromatic N) is 1. The zero-order valence-corrected chi connectivity index (χ0v) is 11.4. The van der Waals surface area contributed by atoms with Crippen molar-refractivity contribution in [3.8, 4) is 0 Å². The van der Waals surface area contributed by atoms with Crippen molar-refractivity contribution >= 4 is 43.8 Å². The molecule has 0 aliphatic heterocycles. The van der Waals surface area contributed by atoms with E-state index >= 15 is 0 Å². The first-order valence-corrected chi connectivity index (χ1v) is 6.09. The van der Waals surface area contributed by atoms with Gasteiger partial charge in [-0.3, -0.25) is 0 Å². The molecule has 17 heavy (non-hydrogen) atoms. The van der Waals surface area contributed by atoms with Crippen molar-refractivity contribution in [2.45, 2.75) is 0 Å². The maximum atomic E-state index is 13.2. The number of hydrogen-bond acceptors (Lipinski definition) is 2. The van der Waals surface area contributed by atoms with Gasteiger partial charge in [0.1, 0.15) is 11.6 Å². The third-order valence-corrected chi connectivity index (χ3v) is 3.61. The molecule has 0 amide bonds. The number of halogens is 4. The summed E-state index contributed by atoms with van der Waals surface area (Å²) in [7, 11) is 0. The predicted octanol–water partition coefficient (Wildman–Crippen LogP) is 4.83. The lowest BCUT2D eigenvalue weighted by Crippen LogP contribution is -1.81. The Morgan fingerprint density at radius 3 is 2.53 bits per heavy atom. The molecule has 1 aromatic heterocycles. The van der Waals surface area contributed by atoms with Crippen LogP contribution in [0.2, 0.25) is 0 Å². The zero-order chi connectivity index (χ0) is 12.4. The predicted molar refractivity (Wildman–Crippen MR) is 67.7 cm³/mol. The molecule has 2 nitrogen and oxygen atoms in total. The standard InChI is InChI=1S/C11H5Br2F2NO/c12-8-4-7(17-11(8)13)5-16-10-2-1-6(14)3-9(10)15/h1-5H. The lowest BCUT2D eigenvalue weighted by atomic mass is 10.3. The summed E-state index contributed by atoms with van der Waals surface area (Å²) in [6.07, 6.45) is 1.35. The normalized spacial score (nSPS) is 11.3. The van der Waals surface area contributed by atoms with Gasteiger partial charge in [-0.2, -0.15) is 0 Å². The van der Waals surface area contributed by atoms with Crippen LogP contribution in [0.1, 0.15) is 5.76 Å². The fourth-order valence-electron chi connectivity index (χ4n) is 1.15. The van der Waals surface area contributed by atoms with Crippen LogP contribution in [0.5, 0.6) is 0 Å². The van der Waals surface area contributed by atoms with Crippen molar-refractivity contribution in [1.82, 2.24) is 0 Å². The van der Waals surface area contributed by atoms with Gasteiger partial charge >= 0.3 is 0 Å². The molecule has 88 valence electrons. The Labute approximate surface area is 113 Å². The summed E-state index contributed by atoms with van der Waals surface area (Å²) in [5.41, 5.74) is 0.0510. The van der Waals surface area contributed by atoms with Crippen molar-refractivity contribution < 1.29 is 13.2 Å². The second-order valence-electron chi connectivity index (χ2n) is 3.12. The van der Waals surface area contributed by atoms with Crippen molar-refractivity contribution in [3.63, 3.8) is 0 Å². The van der Waals surface area contributed by atoms with E-state index in [-0.39, 0.29) is 5.69 Å². The molecule has 0 aliphatic carbocycles. The highest BCUT2D eigenvalue weighted by Gasteiger charge is 2.05. The van der Waals surface area contributed by atoms with E-state index in [1.165, 1.54) is 12.3 Å². The largest absolute Gasteiger partial charge is 0.447 e. The van der Waals surface area contributed by atoms with E-state index in [0.29, 0.717) is 10.4 Å². The number of hydrogen-bond donors (Lipinski definition) is 0. The van der Waals surface area contributed by atoms with Crippen LogP contribution in [0.3, 0.4) is 0 Å². The van der Waals surface area contributed by atoms with Crippen LogP contribution in [0, 0.1) is 11.6 Å². The molecule has 0 atom stereocenters. The third kappa shape index (κ3) is 3.01. The molecule has 0 bridgehead atoms. The molecule has 0 unspecified atom stereocenters. The van der Waals surface area contributed by atoms with E-state index in [1.54, 1.807) is 6.07 Å². The lowest BCUT2D eigenvalue weighted by molar-refractivity contribution is 0.533. The van der Waals surface area contributed by atoms with E-state index in [2.05, 4.69) is 36.9 Å². The summed E-state index contributed by atoms with van der Waals surface area (Å²) >= 11 is 6.41. The van der Waals surface area contributed by atoms with Crippen LogP contribution < -0.4 is 0 Å². The molecule has 0 saturated heterocycles. The number of benzene rings is 1. The molecule has 1 aromatic carbocycles. The molecule has 0 N–H and O–H groups in total. The van der Waals surface area contributed by atoms with E-state index in [0.717, 1.165) is 16.6 Å². The smallest absolute Gasteiger partial charge is 0.184 e. The second kappa shape index (κ2) is 5.10. The molecule has 0 saturated carbocycles. The van der Waals surface area contributed by atoms with Gasteiger partial charge in [0, 0.05) is 12.1 Å². The van der Waals surface area contributed by atoms with Crippen molar-refractivity contribution in [2.75, 3.05) is 0 Å². The van der Waals surface area contributed by atoms with Crippen molar-refractivity contribution in [1.29, 1.82) is 0 Å². The Hall–Kier alpha value is -1.01. The maximum Gasteiger partial charge on any atom is 0.184 e. The van der Waals surface area contributed by atoms with Crippen molar-refractivity contribution in [2.24, 2.45) is 4.99 Å². The van der Waals surface area contributed by atoms with E-state index < -0.39 is 11.6 Å². The minimum absolute atomic E-state index is 0.0510. The molecule has 2 rings (SSSR count). The quantitative estimate of drug-likeness (QED) is 0.700. The summed E-state index contributed by atoms with van der Waals surface area (Å²) < 4.78 is 32.4. The molecule has 6 heteroatoms. The van der Waals surface area contributed by atoms with Crippen molar-refractivity contribution in [3.05, 3.63) is 50.8 Å². The molecule has 0 radical (unpaired) electrons. The summed E-state index contributed by atoms with van der Waals surface area (Å²) in [4.78, 5) is 3.87. The first-order valence-electron chi connectivity index (χ1n) is 4.50. The first kappa shape index (κ1) is 12.4. The average Bonchev–Trinajstić information content (AvgIpc) is 2.57. The Bertz CT molecular complexity index is 561. The van der Waals surface area contributed by atoms with Crippen LogP contribution in [0.4, 0.5) is 14.5 Å². The fraction of sp³-hybridized carbons (Fsp3) is 0. The van der Waals surface area contributed by atoms with Gasteiger partial charge in [-0.15, -0.1) is 0 Å². The summed E-state index contributed by atoms with van der Waals surface area (Å²) in [5, 5.41) is 0. The molecule has 1 heterocycles. The van der Waals surface area contributed by atoms with Crippen LogP contribution >= 0.6 is 31.9 Å². The SMILES string of the molecule is Fc1ccc(N=Cc2cc(Br)c(Br)o2)c(F)c1. The zero-order valence-electron chi connectivity index (χ0n) is 8.25. The topological polar surface area (TPSA) is 25.5 Å². The Balaban J connectivity index is 2.25. The average molecular weight is 365 g/mol. The molecular formula is C11H5Br2F2NO. The van der Waals surface area contributed by atoms with E-state index in [4.69, 9.17) is 4.42 Å². The van der Waals surface area contributed by atoms with E-state index in [9.17, 15) is 8.78 Å². The molecule has 0 aliphatic rings. The van der Waals surface area contributed by atoms with Gasteiger partial charge in [-0.1, -0.05) is 0 Å². The second-order valence-corrected chi connectivity index (χ2v) is 4.70. The third-order valence-electron chi connectivity index (χ3n) is 1.90. The minimum Gasteiger partial charge on any atom is -0.447 e. The fourth-order valence-corrected chi connectivity index (χ4v) is 1.75. The van der Waals surface area contributed by atoms with Gasteiger partial charge in [0.05, 0.1) is 16.4 Å². The molecule has 0 fully saturated rings. The van der Waals surface area contributed by atoms with Gasteiger partial charge in [0.25, 0.3) is 0 Å². The van der Waals surface area contributed by atoms with Crippen LogP contribution in [-0.4, -0.2) is 6.21 Å². The van der Waals surface area contributed by atoms with Gasteiger partial charge in [-0.25, -0.2) is 13.8 Å². The van der Waals surface area contributed by atoms with Gasteiger partial charge in [0.2, 0.25) is 0 Å². The Morgan fingerprint density at radius 2 is 1.94 bits per heavy atom. The van der Waals surface area contributed by atoms with Crippen LogP contribution in [0.25, 0.3) is 0 Å². The highest BCUT2D eigenvalue weighted by molar-refractivity contribution is 9.13. The first-order chi connectivity index (χ1) is 8.06. The van der Waals surface area contributed by atoms with E-state index in [1.807, 2.05) is 0 Å². The molecule has 0 spiro atoms. The Kier molecular flexibility index (Phi) is 3.73. The summed E-state index contributed by atoms with van der Waals surface area (Å²) in [6.45, 7) is 0. The van der Waals surface area contributed by atoms with Gasteiger partial charge < -0.3 is 4.42 Å².